The number of ether oxygens (including phenoxy) is 3. The Bertz CT molecular complexity index is 244. The molecule has 0 N–H and O–H groups in total. The summed E-state index contributed by atoms with van der Waals surface area (Å²) in [7, 11) is 0. The van der Waals surface area contributed by atoms with Crippen LogP contribution in [0.25, 0.3) is 0 Å². The maximum atomic E-state index is 11.3. The van der Waals surface area contributed by atoms with Crippen molar-refractivity contribution in [1.29, 1.82) is 0 Å². The van der Waals surface area contributed by atoms with Crippen LogP contribution in [0.5, 0.6) is 0 Å². The van der Waals surface area contributed by atoms with Crippen LogP contribution in [0.4, 0.5) is 0 Å². The summed E-state index contributed by atoms with van der Waals surface area (Å²) in [5, 5.41) is 0. The first-order valence-corrected chi connectivity index (χ1v) is 6.34. The Hall–Kier alpha value is -0.450. The van der Waals surface area contributed by atoms with E-state index in [4.69, 9.17) is 14.2 Å². The molecule has 1 rings (SSSR count). The third-order valence-corrected chi connectivity index (χ3v) is 2.51. The second-order valence-electron chi connectivity index (χ2n) is 5.33. The van der Waals surface area contributed by atoms with Crippen molar-refractivity contribution in [3.63, 3.8) is 0 Å². The van der Waals surface area contributed by atoms with Crippen molar-refractivity contribution in [3.05, 3.63) is 0 Å². The molecule has 0 aromatic carbocycles. The third-order valence-electron chi connectivity index (χ3n) is 2.51. The Morgan fingerprint density at radius 2 is 1.88 bits per heavy atom. The molecular formula is C13H24O4. The van der Waals surface area contributed by atoms with E-state index in [0.717, 1.165) is 6.42 Å². The molecule has 0 radical (unpaired) electrons. The summed E-state index contributed by atoms with van der Waals surface area (Å²) in [5.41, 5.74) is -0.142. The first-order chi connectivity index (χ1) is 7.94. The van der Waals surface area contributed by atoms with Gasteiger partial charge in [0.2, 0.25) is 0 Å². The van der Waals surface area contributed by atoms with E-state index in [-0.39, 0.29) is 23.6 Å². The quantitative estimate of drug-likeness (QED) is 0.642. The van der Waals surface area contributed by atoms with Gasteiger partial charge in [0.1, 0.15) is 6.10 Å². The average molecular weight is 244 g/mol. The molecule has 1 aliphatic carbocycles. The van der Waals surface area contributed by atoms with Crippen LogP contribution < -0.4 is 0 Å². The smallest absolute Gasteiger partial charge is 0.166 e. The van der Waals surface area contributed by atoms with Crippen LogP contribution in [0.1, 0.15) is 40.5 Å². The zero-order chi connectivity index (χ0) is 12.9. The van der Waals surface area contributed by atoms with Gasteiger partial charge >= 0.3 is 0 Å². The second-order valence-corrected chi connectivity index (χ2v) is 5.33. The van der Waals surface area contributed by atoms with E-state index in [1.165, 1.54) is 0 Å². The molecule has 0 aromatic heterocycles. The average Bonchev–Trinajstić information content (AvgIpc) is 2.21. The van der Waals surface area contributed by atoms with Crippen LogP contribution in [-0.2, 0) is 19.0 Å². The summed E-state index contributed by atoms with van der Waals surface area (Å²) in [5.74, 6) is 0.153. The van der Waals surface area contributed by atoms with E-state index in [2.05, 4.69) is 0 Å². The lowest BCUT2D eigenvalue weighted by atomic mass is 9.90. The highest BCUT2D eigenvalue weighted by Crippen LogP contribution is 2.23. The lowest BCUT2D eigenvalue weighted by Crippen LogP contribution is -2.51. The summed E-state index contributed by atoms with van der Waals surface area (Å²) in [4.78, 5) is 11.3. The van der Waals surface area contributed by atoms with E-state index >= 15 is 0 Å². The van der Waals surface area contributed by atoms with Crippen LogP contribution in [0.15, 0.2) is 0 Å². The van der Waals surface area contributed by atoms with Gasteiger partial charge in [-0.2, -0.15) is 0 Å². The molecule has 17 heavy (non-hydrogen) atoms. The van der Waals surface area contributed by atoms with Crippen LogP contribution in [0.3, 0.4) is 0 Å². The predicted molar refractivity (Wildman–Crippen MR) is 65.1 cm³/mol. The normalized spacial score (nSPS) is 24.8. The minimum Gasteiger partial charge on any atom is -0.373 e. The highest BCUT2D eigenvalue weighted by atomic mass is 16.6. The van der Waals surface area contributed by atoms with E-state index in [9.17, 15) is 4.79 Å². The van der Waals surface area contributed by atoms with Gasteiger partial charge in [0.05, 0.1) is 24.9 Å². The number of rotatable bonds is 7. The number of ketones is 1. The molecule has 2 unspecified atom stereocenters. The molecule has 1 saturated carbocycles. The largest absolute Gasteiger partial charge is 0.373 e. The van der Waals surface area contributed by atoms with Crippen LogP contribution in [0.2, 0.25) is 0 Å². The number of hydrogen-bond acceptors (Lipinski definition) is 4. The molecule has 4 nitrogen and oxygen atoms in total. The van der Waals surface area contributed by atoms with Gasteiger partial charge in [-0.1, -0.05) is 6.92 Å². The van der Waals surface area contributed by atoms with Crippen LogP contribution >= 0.6 is 0 Å². The Morgan fingerprint density at radius 1 is 1.18 bits per heavy atom. The first-order valence-electron chi connectivity index (χ1n) is 6.34. The van der Waals surface area contributed by atoms with Gasteiger partial charge in [0, 0.05) is 13.0 Å². The van der Waals surface area contributed by atoms with Crippen LogP contribution in [-0.4, -0.2) is 43.4 Å². The zero-order valence-corrected chi connectivity index (χ0v) is 11.3. The Kier molecular flexibility index (Phi) is 5.56. The maximum Gasteiger partial charge on any atom is 0.166 e. The van der Waals surface area contributed by atoms with Crippen molar-refractivity contribution in [2.45, 2.75) is 58.3 Å². The molecule has 0 spiro atoms. The molecule has 100 valence electrons. The minimum absolute atomic E-state index is 0.0716. The Labute approximate surface area is 104 Å². The highest BCUT2D eigenvalue weighted by Gasteiger charge is 2.41. The fourth-order valence-corrected chi connectivity index (χ4v) is 1.61. The second kappa shape index (κ2) is 6.47. The molecule has 0 aromatic rings. The van der Waals surface area contributed by atoms with Crippen molar-refractivity contribution in [2.24, 2.45) is 0 Å². The summed E-state index contributed by atoms with van der Waals surface area (Å²) < 4.78 is 16.6. The molecule has 0 aliphatic heterocycles. The van der Waals surface area contributed by atoms with Gasteiger partial charge in [-0.05, 0) is 27.2 Å². The predicted octanol–water partition coefficient (Wildman–Crippen LogP) is 1.95. The third kappa shape index (κ3) is 5.15. The molecule has 2 atom stereocenters. The number of carbonyl (C=O) groups excluding carboxylic acids is 1. The van der Waals surface area contributed by atoms with Crippen molar-refractivity contribution >= 4 is 5.78 Å². The Morgan fingerprint density at radius 3 is 2.41 bits per heavy atom. The SMILES string of the molecule is CCCOC1C(=O)CC1OCCOC(C)(C)C. The van der Waals surface area contributed by atoms with Crippen molar-refractivity contribution < 1.29 is 19.0 Å². The molecule has 4 heteroatoms. The molecule has 0 amide bonds. The van der Waals surface area contributed by atoms with Crippen molar-refractivity contribution in [3.8, 4) is 0 Å². The lowest BCUT2D eigenvalue weighted by molar-refractivity contribution is -0.169. The van der Waals surface area contributed by atoms with Crippen molar-refractivity contribution in [2.75, 3.05) is 19.8 Å². The topological polar surface area (TPSA) is 44.8 Å². The lowest BCUT2D eigenvalue weighted by Gasteiger charge is -2.34. The van der Waals surface area contributed by atoms with Gasteiger partial charge in [-0.15, -0.1) is 0 Å². The number of carbonyl (C=O) groups is 1. The van der Waals surface area contributed by atoms with Crippen LogP contribution in [0, 0.1) is 0 Å². The number of hydrogen-bond donors (Lipinski definition) is 0. The minimum atomic E-state index is -0.343. The summed E-state index contributed by atoms with van der Waals surface area (Å²) in [6.45, 7) is 9.73. The summed E-state index contributed by atoms with van der Waals surface area (Å²) in [6, 6.07) is 0. The van der Waals surface area contributed by atoms with Gasteiger partial charge in [0.25, 0.3) is 0 Å². The van der Waals surface area contributed by atoms with E-state index in [1.54, 1.807) is 0 Å². The van der Waals surface area contributed by atoms with E-state index < -0.39 is 0 Å². The Balaban J connectivity index is 2.13. The summed E-state index contributed by atoms with van der Waals surface area (Å²) in [6.07, 6.45) is 0.982. The standard InChI is InChI=1S/C13H24O4/c1-5-6-16-12-10(14)9-11(12)15-7-8-17-13(2,3)4/h11-12H,5-9H2,1-4H3. The summed E-state index contributed by atoms with van der Waals surface area (Å²) >= 11 is 0. The van der Waals surface area contributed by atoms with Gasteiger partial charge < -0.3 is 14.2 Å². The molecular weight excluding hydrogens is 220 g/mol. The molecule has 1 aliphatic rings. The monoisotopic (exact) mass is 244 g/mol. The fourth-order valence-electron chi connectivity index (χ4n) is 1.61. The van der Waals surface area contributed by atoms with E-state index in [1.807, 2.05) is 27.7 Å². The van der Waals surface area contributed by atoms with Gasteiger partial charge in [-0.3, -0.25) is 4.79 Å². The van der Waals surface area contributed by atoms with Crippen molar-refractivity contribution in [1.82, 2.24) is 0 Å². The zero-order valence-electron chi connectivity index (χ0n) is 11.3. The van der Waals surface area contributed by atoms with Gasteiger partial charge in [-0.25, -0.2) is 0 Å². The molecule has 1 fully saturated rings. The fraction of sp³-hybridized carbons (Fsp3) is 0.923. The molecule has 0 bridgehead atoms. The number of Topliss-reactive ketones (excluding diaryl/α,β-unsaturated/α-hetero) is 1. The van der Waals surface area contributed by atoms with Gasteiger partial charge in [0.15, 0.2) is 5.78 Å². The molecule has 0 heterocycles. The molecule has 0 saturated heterocycles. The highest BCUT2D eigenvalue weighted by molar-refractivity contribution is 5.90. The maximum absolute atomic E-state index is 11.3. The first kappa shape index (κ1) is 14.6. The van der Waals surface area contributed by atoms with E-state index in [0.29, 0.717) is 26.2 Å².